The normalized spacial score (nSPS) is 39.1. The molecule has 2 aliphatic carbocycles. The van der Waals surface area contributed by atoms with E-state index in [1.165, 1.54) is 18.6 Å². The fourth-order valence-electron chi connectivity index (χ4n) is 5.51. The Balaban J connectivity index is 1.73. The first kappa shape index (κ1) is 16.4. The lowest BCUT2D eigenvalue weighted by Crippen LogP contribution is -2.47. The van der Waals surface area contributed by atoms with Gasteiger partial charge in [0.15, 0.2) is 5.52 Å². The Labute approximate surface area is 143 Å². The van der Waals surface area contributed by atoms with Crippen LogP contribution in [0.1, 0.15) is 56.4 Å². The van der Waals surface area contributed by atoms with Crippen molar-refractivity contribution in [3.05, 3.63) is 23.8 Å². The first-order valence-corrected chi connectivity index (χ1v) is 10.5. The van der Waals surface area contributed by atoms with Crippen LogP contribution in [0.15, 0.2) is 18.2 Å². The number of hydrogen-bond acceptors (Lipinski definition) is 4. The molecule has 3 fully saturated rings. The molecule has 1 aromatic carbocycles. The van der Waals surface area contributed by atoms with E-state index in [2.05, 4.69) is 0 Å². The van der Waals surface area contributed by atoms with E-state index in [0.717, 1.165) is 38.5 Å². The highest BCUT2D eigenvalue weighted by atomic mass is 31.1. The molecule has 4 nitrogen and oxygen atoms in total. The first-order chi connectivity index (χ1) is 11.6. The number of carbonyl (C=O) groups is 1. The van der Waals surface area contributed by atoms with Gasteiger partial charge in [-0.25, -0.2) is 0 Å². The third-order valence-electron chi connectivity index (χ3n) is 6.51. The molecule has 0 amide bonds. The summed E-state index contributed by atoms with van der Waals surface area (Å²) in [7, 11) is -1.67. The molecule has 1 heterocycles. The van der Waals surface area contributed by atoms with Crippen molar-refractivity contribution in [1.82, 2.24) is 0 Å². The molecule has 2 saturated carbocycles. The topological polar surface area (TPSA) is 77.8 Å². The third kappa shape index (κ3) is 2.55. The molecule has 5 heteroatoms. The monoisotopic (exact) mass is 348 g/mol. The SMILES string of the molecule is O=C1C2CCCCC2C2CCCC(c3cc(O)ccc3O)C2P1O. The van der Waals surface area contributed by atoms with Crippen molar-refractivity contribution in [3.8, 4) is 11.5 Å². The summed E-state index contributed by atoms with van der Waals surface area (Å²) in [6.45, 7) is 0. The summed E-state index contributed by atoms with van der Waals surface area (Å²) in [6, 6.07) is 4.61. The van der Waals surface area contributed by atoms with Crippen LogP contribution >= 0.6 is 8.15 Å². The van der Waals surface area contributed by atoms with Gasteiger partial charge in [0, 0.05) is 17.1 Å². The minimum Gasteiger partial charge on any atom is -0.508 e. The van der Waals surface area contributed by atoms with Crippen LogP contribution in [-0.2, 0) is 4.79 Å². The van der Waals surface area contributed by atoms with E-state index in [9.17, 15) is 19.9 Å². The highest BCUT2D eigenvalue weighted by Gasteiger charge is 2.54. The maximum absolute atomic E-state index is 12.8. The Bertz CT molecular complexity index is 646. The van der Waals surface area contributed by atoms with E-state index in [4.69, 9.17) is 0 Å². The molecule has 130 valence electrons. The molecule has 6 unspecified atom stereocenters. The number of rotatable bonds is 1. The van der Waals surface area contributed by atoms with Gasteiger partial charge in [-0.05, 0) is 61.6 Å². The average Bonchev–Trinajstić information content (AvgIpc) is 2.61. The third-order valence-corrected chi connectivity index (χ3v) is 8.60. The van der Waals surface area contributed by atoms with Crippen molar-refractivity contribution in [3.63, 3.8) is 0 Å². The molecular weight excluding hydrogens is 323 g/mol. The lowest BCUT2D eigenvalue weighted by Gasteiger charge is -2.51. The van der Waals surface area contributed by atoms with E-state index in [1.807, 2.05) is 0 Å². The number of phenols is 2. The van der Waals surface area contributed by atoms with Gasteiger partial charge in [0.25, 0.3) is 0 Å². The van der Waals surface area contributed by atoms with E-state index in [0.29, 0.717) is 17.4 Å². The van der Waals surface area contributed by atoms with E-state index >= 15 is 0 Å². The van der Waals surface area contributed by atoms with Crippen LogP contribution in [-0.4, -0.2) is 26.3 Å². The van der Waals surface area contributed by atoms with Crippen LogP contribution in [0.4, 0.5) is 0 Å². The largest absolute Gasteiger partial charge is 0.508 e. The molecule has 0 bridgehead atoms. The summed E-state index contributed by atoms with van der Waals surface area (Å²) >= 11 is 0. The van der Waals surface area contributed by atoms with Gasteiger partial charge in [-0.15, -0.1) is 0 Å². The summed E-state index contributed by atoms with van der Waals surface area (Å²) < 4.78 is 0. The number of hydrogen-bond donors (Lipinski definition) is 3. The van der Waals surface area contributed by atoms with Crippen molar-refractivity contribution in [2.45, 2.75) is 56.5 Å². The molecule has 1 aliphatic heterocycles. The summed E-state index contributed by atoms with van der Waals surface area (Å²) in [5.74, 6) is 1.12. The summed E-state index contributed by atoms with van der Waals surface area (Å²) in [5.41, 5.74) is 0.726. The zero-order valence-corrected chi connectivity index (χ0v) is 14.7. The average molecular weight is 348 g/mol. The smallest absolute Gasteiger partial charge is 0.185 e. The van der Waals surface area contributed by atoms with E-state index < -0.39 is 8.15 Å². The molecular formula is C19H25O4P. The minimum absolute atomic E-state index is 0.0289. The Morgan fingerprint density at radius 1 is 0.917 bits per heavy atom. The van der Waals surface area contributed by atoms with Crippen LogP contribution in [0.2, 0.25) is 0 Å². The van der Waals surface area contributed by atoms with Crippen LogP contribution in [0.25, 0.3) is 0 Å². The number of phenolic OH excluding ortho intramolecular Hbond substituents is 2. The van der Waals surface area contributed by atoms with Gasteiger partial charge in [0.05, 0.1) is 8.15 Å². The van der Waals surface area contributed by atoms with Crippen LogP contribution < -0.4 is 0 Å². The minimum atomic E-state index is -1.67. The molecule has 0 aromatic heterocycles. The zero-order valence-electron chi connectivity index (χ0n) is 13.8. The van der Waals surface area contributed by atoms with Gasteiger partial charge in [-0.3, -0.25) is 4.79 Å². The maximum atomic E-state index is 12.8. The maximum Gasteiger partial charge on any atom is 0.185 e. The molecule has 6 atom stereocenters. The fourth-order valence-corrected chi connectivity index (χ4v) is 7.84. The molecule has 0 spiro atoms. The molecule has 3 N–H and O–H groups in total. The van der Waals surface area contributed by atoms with Crippen molar-refractivity contribution < 1.29 is 19.9 Å². The van der Waals surface area contributed by atoms with Crippen molar-refractivity contribution in [2.75, 3.05) is 0 Å². The summed E-state index contributed by atoms with van der Waals surface area (Å²) in [6.07, 6.45) is 7.32. The molecule has 1 aromatic rings. The van der Waals surface area contributed by atoms with Crippen molar-refractivity contribution in [1.29, 1.82) is 0 Å². The second kappa shape index (κ2) is 6.31. The fraction of sp³-hybridized carbons (Fsp3) is 0.632. The van der Waals surface area contributed by atoms with Gasteiger partial charge in [-0.2, -0.15) is 0 Å². The predicted molar refractivity (Wildman–Crippen MR) is 93.2 cm³/mol. The number of carbonyl (C=O) groups excluding carboxylic acids is 1. The molecule has 3 aliphatic rings. The van der Waals surface area contributed by atoms with E-state index in [-0.39, 0.29) is 34.5 Å². The Kier molecular flexibility index (Phi) is 4.30. The molecule has 0 radical (unpaired) electrons. The lowest BCUT2D eigenvalue weighted by atomic mass is 9.64. The van der Waals surface area contributed by atoms with Crippen LogP contribution in [0.5, 0.6) is 11.5 Å². The molecule has 1 saturated heterocycles. The van der Waals surface area contributed by atoms with E-state index in [1.54, 1.807) is 6.07 Å². The Morgan fingerprint density at radius 2 is 1.62 bits per heavy atom. The van der Waals surface area contributed by atoms with Crippen LogP contribution in [0, 0.1) is 17.8 Å². The molecule has 4 rings (SSSR count). The van der Waals surface area contributed by atoms with Gasteiger partial charge < -0.3 is 15.1 Å². The summed E-state index contributed by atoms with van der Waals surface area (Å²) in [5, 5.41) is 20.1. The summed E-state index contributed by atoms with van der Waals surface area (Å²) in [4.78, 5) is 23.7. The lowest BCUT2D eigenvalue weighted by molar-refractivity contribution is -0.120. The first-order valence-electron chi connectivity index (χ1n) is 9.11. The second-order valence-corrected chi connectivity index (χ2v) is 9.40. The quantitative estimate of drug-likeness (QED) is 0.528. The van der Waals surface area contributed by atoms with Crippen molar-refractivity contribution >= 4 is 13.7 Å². The van der Waals surface area contributed by atoms with Crippen LogP contribution in [0.3, 0.4) is 0 Å². The van der Waals surface area contributed by atoms with Crippen molar-refractivity contribution in [2.24, 2.45) is 17.8 Å². The predicted octanol–water partition coefficient (Wildman–Crippen LogP) is 4.09. The number of aromatic hydroxyl groups is 2. The van der Waals surface area contributed by atoms with Gasteiger partial charge in [0.1, 0.15) is 11.5 Å². The number of fused-ring (bicyclic) bond motifs is 3. The highest BCUT2D eigenvalue weighted by Crippen LogP contribution is 2.64. The second-order valence-electron chi connectivity index (χ2n) is 7.67. The Morgan fingerprint density at radius 3 is 2.46 bits per heavy atom. The van der Waals surface area contributed by atoms with Gasteiger partial charge >= 0.3 is 0 Å². The van der Waals surface area contributed by atoms with Gasteiger partial charge in [0.2, 0.25) is 0 Å². The zero-order chi connectivity index (χ0) is 16.8. The van der Waals surface area contributed by atoms with Gasteiger partial charge in [-0.1, -0.05) is 19.3 Å². The highest BCUT2D eigenvalue weighted by molar-refractivity contribution is 7.70. The standard InChI is InChI=1S/C19H25O4P/c20-11-8-9-17(21)16(10-11)14-7-3-6-13-12-4-1-2-5-15(12)19(22)24(23)18(13)14/h8-10,12-15,18,20-21,23H,1-7H2. The Hall–Kier alpha value is -1.12. The molecule has 24 heavy (non-hydrogen) atoms. The number of benzene rings is 1.